The average Bonchev–Trinajstić information content (AvgIpc) is 2.53. The van der Waals surface area contributed by atoms with Crippen LogP contribution in [0.25, 0.3) is 0 Å². The summed E-state index contributed by atoms with van der Waals surface area (Å²) < 4.78 is 0. The fraction of sp³-hybridized carbons (Fsp3) is 0.300. The topological polar surface area (TPSA) is 29.4 Å². The van der Waals surface area contributed by atoms with Gasteiger partial charge in [-0.15, -0.1) is 0 Å². The van der Waals surface area contributed by atoms with Gasteiger partial charge in [-0.3, -0.25) is 4.79 Å². The Morgan fingerprint density at radius 3 is 2.91 bits per heavy atom. The Morgan fingerprint density at radius 1 is 1.41 bits per heavy atom. The van der Waals surface area contributed by atoms with Crippen molar-refractivity contribution in [2.75, 3.05) is 0 Å². The van der Waals surface area contributed by atoms with Gasteiger partial charge in [-0.1, -0.05) is 55.1 Å². The molecule has 0 spiro atoms. The van der Waals surface area contributed by atoms with Crippen LogP contribution in [0.15, 0.2) is 66.2 Å². The van der Waals surface area contributed by atoms with Crippen molar-refractivity contribution in [2.45, 2.75) is 32.6 Å². The molecule has 22 heavy (non-hydrogen) atoms. The molecule has 114 valence electrons. The minimum absolute atomic E-state index is 0.0523. The Kier molecular flexibility index (Phi) is 6.08. The minimum atomic E-state index is -0.0523. The van der Waals surface area contributed by atoms with Crippen LogP contribution in [0, 0.1) is 12.8 Å². The van der Waals surface area contributed by atoms with Crippen molar-refractivity contribution in [2.24, 2.45) is 10.9 Å². The van der Waals surface area contributed by atoms with Crippen LogP contribution in [0.2, 0.25) is 0 Å². The van der Waals surface area contributed by atoms with E-state index in [4.69, 9.17) is 0 Å². The van der Waals surface area contributed by atoms with Gasteiger partial charge in [-0.25, -0.2) is 4.99 Å². The highest BCUT2D eigenvalue weighted by atomic mass is 16.1. The number of benzene rings is 1. The van der Waals surface area contributed by atoms with Gasteiger partial charge < -0.3 is 0 Å². The third kappa shape index (κ3) is 4.66. The first-order valence-electron chi connectivity index (χ1n) is 7.84. The molecule has 2 heteroatoms. The third-order valence-electron chi connectivity index (χ3n) is 3.85. The largest absolute Gasteiger partial charge is 0.273 e. The molecule has 0 aromatic heterocycles. The van der Waals surface area contributed by atoms with Gasteiger partial charge in [0.05, 0.1) is 5.71 Å². The maximum atomic E-state index is 12.3. The van der Waals surface area contributed by atoms with Crippen molar-refractivity contribution in [3.8, 4) is 0 Å². The van der Waals surface area contributed by atoms with Gasteiger partial charge in [0.15, 0.2) is 0 Å². The van der Waals surface area contributed by atoms with Gasteiger partial charge >= 0.3 is 0 Å². The monoisotopic (exact) mass is 293 g/mol. The highest BCUT2D eigenvalue weighted by Gasteiger charge is 2.14. The Hall–Kier alpha value is -2.22. The summed E-state index contributed by atoms with van der Waals surface area (Å²) in [6.07, 6.45) is 13.6. The summed E-state index contributed by atoms with van der Waals surface area (Å²) >= 11 is 0. The van der Waals surface area contributed by atoms with Gasteiger partial charge in [-0.05, 0) is 43.7 Å². The number of aryl methyl sites for hydroxylation is 1. The predicted molar refractivity (Wildman–Crippen MR) is 93.2 cm³/mol. The van der Waals surface area contributed by atoms with E-state index in [1.165, 1.54) is 6.42 Å². The molecular formula is C20H23NO. The summed E-state index contributed by atoms with van der Waals surface area (Å²) in [4.78, 5) is 16.6. The van der Waals surface area contributed by atoms with E-state index < -0.39 is 0 Å². The number of rotatable bonds is 5. The quantitative estimate of drug-likeness (QED) is 0.435. The second-order valence-electron chi connectivity index (χ2n) is 5.62. The number of amides is 1. The molecule has 1 amide bonds. The minimum Gasteiger partial charge on any atom is -0.273 e. The lowest BCUT2D eigenvalue weighted by Crippen LogP contribution is -2.10. The fourth-order valence-electron chi connectivity index (χ4n) is 2.66. The van der Waals surface area contributed by atoms with Crippen molar-refractivity contribution < 1.29 is 4.79 Å². The maximum absolute atomic E-state index is 12.3. The number of allylic oxidation sites excluding steroid dienone is 5. The van der Waals surface area contributed by atoms with Crippen LogP contribution in [0.1, 0.15) is 36.8 Å². The second-order valence-corrected chi connectivity index (χ2v) is 5.62. The van der Waals surface area contributed by atoms with E-state index in [1.54, 1.807) is 6.08 Å². The summed E-state index contributed by atoms with van der Waals surface area (Å²) in [5, 5.41) is 0. The normalized spacial score (nSPS) is 18.6. The lowest BCUT2D eigenvalue weighted by Gasteiger charge is -2.14. The third-order valence-corrected chi connectivity index (χ3v) is 3.85. The zero-order valence-corrected chi connectivity index (χ0v) is 13.2. The molecule has 1 aliphatic carbocycles. The molecule has 0 radical (unpaired) electrons. The zero-order chi connectivity index (χ0) is 15.8. The maximum Gasteiger partial charge on any atom is 0.246 e. The van der Waals surface area contributed by atoms with E-state index in [9.17, 15) is 4.79 Å². The van der Waals surface area contributed by atoms with E-state index in [2.05, 4.69) is 23.7 Å². The molecule has 0 saturated heterocycles. The summed E-state index contributed by atoms with van der Waals surface area (Å²) in [6.45, 7) is 5.71. The summed E-state index contributed by atoms with van der Waals surface area (Å²) in [6, 6.07) is 7.98. The van der Waals surface area contributed by atoms with Crippen LogP contribution >= 0.6 is 0 Å². The van der Waals surface area contributed by atoms with Crippen molar-refractivity contribution in [1.82, 2.24) is 0 Å². The molecule has 0 saturated carbocycles. The van der Waals surface area contributed by atoms with Gasteiger partial charge in [-0.2, -0.15) is 0 Å². The van der Waals surface area contributed by atoms with Crippen molar-refractivity contribution in [3.63, 3.8) is 0 Å². The molecule has 0 heterocycles. The van der Waals surface area contributed by atoms with Crippen molar-refractivity contribution in [3.05, 3.63) is 72.4 Å². The summed E-state index contributed by atoms with van der Waals surface area (Å²) in [7, 11) is 0. The fourth-order valence-corrected chi connectivity index (χ4v) is 2.66. The summed E-state index contributed by atoms with van der Waals surface area (Å²) in [5.41, 5.74) is 2.82. The van der Waals surface area contributed by atoms with Crippen molar-refractivity contribution >= 4 is 11.6 Å². The van der Waals surface area contributed by atoms with Crippen LogP contribution in [0.5, 0.6) is 0 Å². The molecule has 1 aromatic rings. The molecular weight excluding hydrogens is 270 g/mol. The van der Waals surface area contributed by atoms with Gasteiger partial charge in [0.25, 0.3) is 0 Å². The molecule has 1 atom stereocenters. The van der Waals surface area contributed by atoms with E-state index in [0.717, 1.165) is 24.0 Å². The first-order chi connectivity index (χ1) is 10.7. The lowest BCUT2D eigenvalue weighted by molar-refractivity contribution is -0.118. The Labute approximate surface area is 133 Å². The molecule has 2 rings (SSSR count). The second kappa shape index (κ2) is 8.28. The number of hydrogen-bond acceptors (Lipinski definition) is 1. The average molecular weight is 293 g/mol. The number of carbonyl (C=O) groups excluding carboxylic acids is 1. The number of hydrogen-bond donors (Lipinski definition) is 0. The Morgan fingerprint density at radius 2 is 2.23 bits per heavy atom. The van der Waals surface area contributed by atoms with E-state index in [-0.39, 0.29) is 5.91 Å². The lowest BCUT2D eigenvalue weighted by atomic mass is 9.93. The molecule has 0 bridgehead atoms. The Balaban J connectivity index is 2.20. The molecule has 2 nitrogen and oxygen atoms in total. The number of carbonyl (C=O) groups is 1. The molecule has 1 aliphatic rings. The van der Waals surface area contributed by atoms with Crippen molar-refractivity contribution in [1.29, 1.82) is 0 Å². The van der Waals surface area contributed by atoms with Gasteiger partial charge in [0.1, 0.15) is 0 Å². The molecule has 0 fully saturated rings. The first-order valence-corrected chi connectivity index (χ1v) is 7.84. The smallest absolute Gasteiger partial charge is 0.246 e. The van der Waals surface area contributed by atoms with E-state index in [1.807, 2.05) is 43.3 Å². The highest BCUT2D eigenvalue weighted by molar-refractivity contribution is 6.14. The predicted octanol–water partition coefficient (Wildman–Crippen LogP) is 4.80. The molecule has 0 aliphatic heterocycles. The molecule has 1 aromatic carbocycles. The van der Waals surface area contributed by atoms with Crippen LogP contribution in [-0.2, 0) is 4.79 Å². The van der Waals surface area contributed by atoms with Gasteiger partial charge in [0, 0.05) is 12.0 Å². The Bertz CT molecular complexity index is 622. The van der Waals surface area contributed by atoms with E-state index in [0.29, 0.717) is 18.1 Å². The SMILES string of the molecule is C=C/C=C\C(=N/C(=O)CC1C=CCCC1)c1ccccc1C. The summed E-state index contributed by atoms with van der Waals surface area (Å²) in [5.74, 6) is 0.287. The highest BCUT2D eigenvalue weighted by Crippen LogP contribution is 2.21. The first kappa shape index (κ1) is 16.2. The standard InChI is InChI=1S/C20H23NO/c1-3-4-14-19(18-13-9-8-10-16(18)2)21-20(22)15-17-11-6-5-7-12-17/h3-4,6,8-11,13-14,17H,1,5,7,12,15H2,2H3/b14-4-,21-19+. The van der Waals surface area contributed by atoms with Crippen LogP contribution in [0.4, 0.5) is 0 Å². The van der Waals surface area contributed by atoms with Gasteiger partial charge in [0.2, 0.25) is 5.91 Å². The van der Waals surface area contributed by atoms with Crippen LogP contribution < -0.4 is 0 Å². The number of aliphatic imine (C=N–C) groups is 1. The van der Waals surface area contributed by atoms with E-state index >= 15 is 0 Å². The molecule has 1 unspecified atom stereocenters. The molecule has 0 N–H and O–H groups in total. The number of nitrogens with zero attached hydrogens (tertiary/aromatic N) is 1. The zero-order valence-electron chi connectivity index (χ0n) is 13.2. The van der Waals surface area contributed by atoms with Crippen LogP contribution in [0.3, 0.4) is 0 Å². The van der Waals surface area contributed by atoms with Crippen LogP contribution in [-0.4, -0.2) is 11.6 Å².